The average Bonchev–Trinajstić information content (AvgIpc) is 3.81. The van der Waals surface area contributed by atoms with Gasteiger partial charge >= 0.3 is 0 Å². The molecule has 11 rings (SSSR count). The highest BCUT2D eigenvalue weighted by Crippen LogP contribution is 2.48. The summed E-state index contributed by atoms with van der Waals surface area (Å²) in [4.78, 5) is 0. The van der Waals surface area contributed by atoms with Crippen LogP contribution >= 0.6 is 0 Å². The maximum Gasteiger partial charge on any atom is 0.143 e. The van der Waals surface area contributed by atoms with Crippen molar-refractivity contribution in [1.29, 1.82) is 0 Å². The Morgan fingerprint density at radius 1 is 0.340 bits per heavy atom. The summed E-state index contributed by atoms with van der Waals surface area (Å²) in [6, 6.07) is 59.2. The van der Waals surface area contributed by atoms with Crippen molar-refractivity contribution in [2.45, 2.75) is 0 Å². The van der Waals surface area contributed by atoms with Crippen molar-refractivity contribution in [2.24, 2.45) is 0 Å². The highest BCUT2D eigenvalue weighted by molar-refractivity contribution is 6.28. The van der Waals surface area contributed by atoms with Gasteiger partial charge in [-0.3, -0.25) is 0 Å². The highest BCUT2D eigenvalue weighted by atomic mass is 16.3. The van der Waals surface area contributed by atoms with E-state index in [4.69, 9.17) is 8.83 Å². The molecule has 11 aromatic rings. The SMILES string of the molecule is c1cc(-c2c3ccccc3c(-c3cccc4oc5c6ccccc6ccc5c34)c3ccccc23)c2cc(-c3ccc4ccoc4c3)ccc2c1. The Kier molecular flexibility index (Phi) is 5.70. The molecule has 0 atom stereocenters. The zero-order valence-corrected chi connectivity index (χ0v) is 27.0. The Morgan fingerprint density at radius 3 is 1.70 bits per heavy atom. The third-order valence-corrected chi connectivity index (χ3v) is 10.5. The van der Waals surface area contributed by atoms with Crippen LogP contribution < -0.4 is 0 Å². The molecule has 2 heterocycles. The Hall–Kier alpha value is -6.64. The van der Waals surface area contributed by atoms with E-state index in [0.29, 0.717) is 0 Å². The number of benzene rings is 9. The molecule has 0 saturated carbocycles. The van der Waals surface area contributed by atoms with E-state index in [1.807, 2.05) is 6.07 Å². The zero-order valence-electron chi connectivity index (χ0n) is 27.0. The lowest BCUT2D eigenvalue weighted by Gasteiger charge is -2.19. The van der Waals surface area contributed by atoms with E-state index in [-0.39, 0.29) is 0 Å². The highest BCUT2D eigenvalue weighted by Gasteiger charge is 2.21. The van der Waals surface area contributed by atoms with Crippen LogP contribution in [0.25, 0.3) is 109 Å². The van der Waals surface area contributed by atoms with Crippen LogP contribution in [0.15, 0.2) is 179 Å². The molecule has 0 N–H and O–H groups in total. The minimum absolute atomic E-state index is 0.900. The lowest BCUT2D eigenvalue weighted by atomic mass is 9.83. The predicted molar refractivity (Wildman–Crippen MR) is 210 cm³/mol. The van der Waals surface area contributed by atoms with E-state index in [9.17, 15) is 0 Å². The molecule has 2 nitrogen and oxygen atoms in total. The molecule has 0 spiro atoms. The van der Waals surface area contributed by atoms with Gasteiger partial charge in [-0.15, -0.1) is 0 Å². The smallest absolute Gasteiger partial charge is 0.143 e. The molecule has 50 heavy (non-hydrogen) atoms. The third kappa shape index (κ3) is 3.90. The molecule has 0 fully saturated rings. The summed E-state index contributed by atoms with van der Waals surface area (Å²) in [7, 11) is 0. The molecule has 0 bridgehead atoms. The Bertz CT molecular complexity index is 3100. The number of rotatable bonds is 3. The molecule has 2 heteroatoms. The van der Waals surface area contributed by atoms with Crippen molar-refractivity contribution in [3.8, 4) is 33.4 Å². The standard InChI is InChI=1S/C48H28O2/c1-2-11-34-29(9-1)23-24-41-47-40(17-8-18-43(47)50-48(34)41)46-37-14-5-3-12-35(37)45(36-13-4-6-15-38(36)46)39-16-7-10-30-19-21-32(27-42(30)39)33-22-20-31-25-26-49-44(31)28-33/h1-28H. The van der Waals surface area contributed by atoms with Crippen molar-refractivity contribution in [1.82, 2.24) is 0 Å². The molecular formula is C48H28O2. The first-order chi connectivity index (χ1) is 24.8. The second kappa shape index (κ2) is 10.4. The topological polar surface area (TPSA) is 26.3 Å². The van der Waals surface area contributed by atoms with Gasteiger partial charge in [-0.25, -0.2) is 0 Å². The van der Waals surface area contributed by atoms with Gasteiger partial charge in [-0.05, 0) is 101 Å². The summed E-state index contributed by atoms with van der Waals surface area (Å²) in [6.45, 7) is 0. The number of hydrogen-bond donors (Lipinski definition) is 0. The van der Waals surface area contributed by atoms with Crippen LogP contribution in [0.4, 0.5) is 0 Å². The summed E-state index contributed by atoms with van der Waals surface area (Å²) in [5.41, 5.74) is 9.94. The first-order valence-corrected chi connectivity index (χ1v) is 17.1. The Labute approximate surface area is 287 Å². The van der Waals surface area contributed by atoms with Gasteiger partial charge in [0.25, 0.3) is 0 Å². The summed E-state index contributed by atoms with van der Waals surface area (Å²) >= 11 is 0. The second-order valence-corrected chi connectivity index (χ2v) is 13.2. The van der Waals surface area contributed by atoms with Crippen molar-refractivity contribution < 1.29 is 8.83 Å². The van der Waals surface area contributed by atoms with Crippen molar-refractivity contribution in [2.75, 3.05) is 0 Å². The fraction of sp³-hybridized carbons (Fsp3) is 0. The van der Waals surface area contributed by atoms with Crippen LogP contribution in [0.5, 0.6) is 0 Å². The average molecular weight is 637 g/mol. The fourth-order valence-corrected chi connectivity index (χ4v) is 8.28. The molecule has 2 aromatic heterocycles. The van der Waals surface area contributed by atoms with E-state index in [2.05, 4.69) is 158 Å². The molecule has 0 radical (unpaired) electrons. The molecule has 0 saturated heterocycles. The van der Waals surface area contributed by atoms with Gasteiger partial charge < -0.3 is 8.83 Å². The normalized spacial score (nSPS) is 12.0. The molecule has 0 aliphatic rings. The quantitative estimate of drug-likeness (QED) is 0.180. The minimum Gasteiger partial charge on any atom is -0.464 e. The van der Waals surface area contributed by atoms with Crippen LogP contribution in [0.2, 0.25) is 0 Å². The summed E-state index contributed by atoms with van der Waals surface area (Å²) < 4.78 is 12.4. The van der Waals surface area contributed by atoms with E-state index in [1.165, 1.54) is 65.5 Å². The molecule has 0 unspecified atom stereocenters. The number of hydrogen-bond acceptors (Lipinski definition) is 2. The maximum atomic E-state index is 6.65. The molecule has 9 aromatic carbocycles. The van der Waals surface area contributed by atoms with E-state index < -0.39 is 0 Å². The maximum absolute atomic E-state index is 6.65. The van der Waals surface area contributed by atoms with E-state index >= 15 is 0 Å². The van der Waals surface area contributed by atoms with Crippen molar-refractivity contribution >= 4 is 76.0 Å². The van der Waals surface area contributed by atoms with Crippen molar-refractivity contribution in [3.05, 3.63) is 170 Å². The Morgan fingerprint density at radius 2 is 0.920 bits per heavy atom. The van der Waals surface area contributed by atoms with Crippen LogP contribution in [0.3, 0.4) is 0 Å². The van der Waals surface area contributed by atoms with Gasteiger partial charge in [0.15, 0.2) is 0 Å². The fourth-order valence-electron chi connectivity index (χ4n) is 8.28. The van der Waals surface area contributed by atoms with Crippen molar-refractivity contribution in [3.63, 3.8) is 0 Å². The zero-order chi connectivity index (χ0) is 32.8. The van der Waals surface area contributed by atoms with E-state index in [0.717, 1.165) is 43.9 Å². The van der Waals surface area contributed by atoms with Crippen LogP contribution in [-0.2, 0) is 0 Å². The number of fused-ring (bicyclic) bond motifs is 9. The third-order valence-electron chi connectivity index (χ3n) is 10.5. The molecule has 0 aliphatic heterocycles. The molecular weight excluding hydrogens is 609 g/mol. The molecule has 0 amide bonds. The predicted octanol–water partition coefficient (Wildman–Crippen LogP) is 13.9. The first-order valence-electron chi connectivity index (χ1n) is 17.1. The summed E-state index contributed by atoms with van der Waals surface area (Å²) in [5.74, 6) is 0. The van der Waals surface area contributed by atoms with E-state index in [1.54, 1.807) is 6.26 Å². The van der Waals surface area contributed by atoms with Gasteiger partial charge in [-0.2, -0.15) is 0 Å². The number of furan rings is 2. The minimum atomic E-state index is 0.900. The van der Waals surface area contributed by atoms with Crippen LogP contribution in [-0.4, -0.2) is 0 Å². The lowest BCUT2D eigenvalue weighted by Crippen LogP contribution is -1.92. The largest absolute Gasteiger partial charge is 0.464 e. The van der Waals surface area contributed by atoms with Crippen LogP contribution in [0, 0.1) is 0 Å². The van der Waals surface area contributed by atoms with Gasteiger partial charge in [0, 0.05) is 21.5 Å². The van der Waals surface area contributed by atoms with Gasteiger partial charge in [0.2, 0.25) is 0 Å². The van der Waals surface area contributed by atoms with Gasteiger partial charge in [0.1, 0.15) is 16.7 Å². The first kappa shape index (κ1) is 27.3. The van der Waals surface area contributed by atoms with Gasteiger partial charge in [0.05, 0.1) is 6.26 Å². The monoisotopic (exact) mass is 636 g/mol. The lowest BCUT2D eigenvalue weighted by molar-refractivity contribution is 0.616. The summed E-state index contributed by atoms with van der Waals surface area (Å²) in [6.07, 6.45) is 1.75. The van der Waals surface area contributed by atoms with Gasteiger partial charge in [-0.1, -0.05) is 133 Å². The molecule has 232 valence electrons. The second-order valence-electron chi connectivity index (χ2n) is 13.2. The summed E-state index contributed by atoms with van der Waals surface area (Å²) in [5, 5.41) is 13.1. The van der Waals surface area contributed by atoms with Crippen LogP contribution in [0.1, 0.15) is 0 Å². The Balaban J connectivity index is 1.22. The molecule has 0 aliphatic carbocycles.